The summed E-state index contributed by atoms with van der Waals surface area (Å²) in [6, 6.07) is 10.1. The third-order valence-corrected chi connectivity index (χ3v) is 9.13. The van der Waals surface area contributed by atoms with Crippen molar-refractivity contribution in [3.8, 4) is 23.2 Å². The van der Waals surface area contributed by atoms with E-state index in [9.17, 15) is 10.1 Å². The molecule has 5 nitrogen and oxygen atoms in total. The number of aromatic nitrogens is 2. The first kappa shape index (κ1) is 33.8. The molecule has 1 aromatic carbocycles. The molecule has 0 amide bonds. The van der Waals surface area contributed by atoms with Crippen LogP contribution in [0.3, 0.4) is 0 Å². The number of rotatable bonds is 20. The van der Waals surface area contributed by atoms with Crippen molar-refractivity contribution in [3.63, 3.8) is 0 Å². The molecule has 1 aromatic heterocycles. The van der Waals surface area contributed by atoms with Gasteiger partial charge in [0.05, 0.1) is 17.4 Å². The largest absolute Gasteiger partial charge is 0.426 e. The van der Waals surface area contributed by atoms with Gasteiger partial charge in [0.2, 0.25) is 0 Å². The maximum absolute atomic E-state index is 12.9. The summed E-state index contributed by atoms with van der Waals surface area (Å²) in [5, 5.41) is 9.92. The number of esters is 1. The first-order valence-electron chi connectivity index (χ1n) is 17.1. The Morgan fingerprint density at radius 1 is 0.810 bits per heavy atom. The third kappa shape index (κ3) is 11.9. The standard InChI is InChI=1S/C37H55N3O2/c1-3-5-7-9-11-12-14-16-18-31-28-39-35(40-29-31)32-19-21-34(22-20-32)42-36(41)33-23-26-37(30-38,27-24-33)25-17-15-13-10-8-6-4-2/h19-22,28-29,33H,3-18,23-27H2,1-2H3/t33-,37-. The van der Waals surface area contributed by atoms with Crippen LogP contribution in [-0.2, 0) is 11.2 Å². The van der Waals surface area contributed by atoms with Crippen molar-refractivity contribution in [2.45, 2.75) is 149 Å². The third-order valence-electron chi connectivity index (χ3n) is 9.13. The Morgan fingerprint density at radius 2 is 1.33 bits per heavy atom. The predicted octanol–water partition coefficient (Wildman–Crippen LogP) is 10.6. The van der Waals surface area contributed by atoms with Crippen LogP contribution in [0, 0.1) is 22.7 Å². The van der Waals surface area contributed by atoms with Crippen LogP contribution >= 0.6 is 0 Å². The van der Waals surface area contributed by atoms with Crippen LogP contribution in [0.5, 0.6) is 5.75 Å². The minimum absolute atomic E-state index is 0.128. The maximum atomic E-state index is 12.9. The molecule has 0 N–H and O–H groups in total. The molecular weight excluding hydrogens is 518 g/mol. The first-order valence-corrected chi connectivity index (χ1v) is 17.1. The summed E-state index contributed by atoms with van der Waals surface area (Å²) in [5.41, 5.74) is 1.84. The number of benzene rings is 1. The Kier molecular flexibility index (Phi) is 15.6. The number of unbranched alkanes of at least 4 members (excludes halogenated alkanes) is 13. The normalized spacial score (nSPS) is 18.5. The second-order valence-corrected chi connectivity index (χ2v) is 12.6. The Bertz CT molecular complexity index is 1050. The van der Waals surface area contributed by atoms with Crippen molar-refractivity contribution < 1.29 is 9.53 Å². The van der Waals surface area contributed by atoms with Crippen molar-refractivity contribution in [2.75, 3.05) is 0 Å². The molecule has 0 radical (unpaired) electrons. The molecule has 0 bridgehead atoms. The summed E-state index contributed by atoms with van der Waals surface area (Å²) < 4.78 is 5.74. The zero-order valence-electron chi connectivity index (χ0n) is 26.5. The van der Waals surface area contributed by atoms with Gasteiger partial charge in [-0.2, -0.15) is 5.26 Å². The van der Waals surface area contributed by atoms with Crippen molar-refractivity contribution in [1.29, 1.82) is 5.26 Å². The second-order valence-electron chi connectivity index (χ2n) is 12.6. The van der Waals surface area contributed by atoms with Crippen molar-refractivity contribution >= 4 is 5.97 Å². The lowest BCUT2D eigenvalue weighted by Crippen LogP contribution is -2.31. The fourth-order valence-corrected chi connectivity index (χ4v) is 6.21. The van der Waals surface area contributed by atoms with E-state index >= 15 is 0 Å². The van der Waals surface area contributed by atoms with Crippen molar-refractivity contribution in [2.24, 2.45) is 11.3 Å². The van der Waals surface area contributed by atoms with E-state index in [2.05, 4.69) is 29.9 Å². The summed E-state index contributed by atoms with van der Waals surface area (Å²) >= 11 is 0. The molecule has 0 spiro atoms. The van der Waals surface area contributed by atoms with Gasteiger partial charge in [0.25, 0.3) is 0 Å². The van der Waals surface area contributed by atoms with Crippen molar-refractivity contribution in [1.82, 2.24) is 9.97 Å². The number of nitriles is 1. The van der Waals surface area contributed by atoms with Gasteiger partial charge in [0, 0.05) is 18.0 Å². The lowest BCUT2D eigenvalue weighted by atomic mass is 9.69. The molecule has 0 aliphatic heterocycles. The quantitative estimate of drug-likeness (QED) is 0.0894. The molecule has 1 fully saturated rings. The van der Waals surface area contributed by atoms with Crippen LogP contribution in [0.1, 0.15) is 148 Å². The first-order chi connectivity index (χ1) is 20.6. The summed E-state index contributed by atoms with van der Waals surface area (Å²) in [5.74, 6) is 0.938. The van der Waals surface area contributed by atoms with Crippen LogP contribution in [0.15, 0.2) is 36.7 Å². The minimum Gasteiger partial charge on any atom is -0.426 e. The van der Waals surface area contributed by atoms with Crippen LogP contribution in [0.2, 0.25) is 0 Å². The summed E-state index contributed by atoms with van der Waals surface area (Å²) in [7, 11) is 0. The molecule has 1 aliphatic carbocycles. The van der Waals surface area contributed by atoms with Gasteiger partial charge in [0.1, 0.15) is 5.75 Å². The number of hydrogen-bond donors (Lipinski definition) is 0. The van der Waals surface area contributed by atoms with Gasteiger partial charge in [-0.25, -0.2) is 9.97 Å². The van der Waals surface area contributed by atoms with E-state index in [0.29, 0.717) is 11.6 Å². The number of hydrogen-bond acceptors (Lipinski definition) is 5. The topological polar surface area (TPSA) is 75.9 Å². The van der Waals surface area contributed by atoms with E-state index in [1.54, 1.807) is 0 Å². The van der Waals surface area contributed by atoms with E-state index in [0.717, 1.165) is 50.5 Å². The zero-order chi connectivity index (χ0) is 29.9. The summed E-state index contributed by atoms with van der Waals surface area (Å²) in [4.78, 5) is 22.1. The van der Waals surface area contributed by atoms with Gasteiger partial charge < -0.3 is 4.74 Å². The molecular formula is C37H55N3O2. The van der Waals surface area contributed by atoms with Crippen LogP contribution in [0.25, 0.3) is 11.4 Å². The fourth-order valence-electron chi connectivity index (χ4n) is 6.21. The number of aryl methyl sites for hydroxylation is 1. The molecule has 1 heterocycles. The van der Waals surface area contributed by atoms with E-state index in [4.69, 9.17) is 4.74 Å². The highest BCUT2D eigenvalue weighted by Gasteiger charge is 2.38. The number of ether oxygens (including phenoxy) is 1. The summed E-state index contributed by atoms with van der Waals surface area (Å²) in [6.07, 6.45) is 28.3. The van der Waals surface area contributed by atoms with Crippen LogP contribution < -0.4 is 4.74 Å². The molecule has 230 valence electrons. The van der Waals surface area contributed by atoms with Gasteiger partial charge in [-0.05, 0) is 74.8 Å². The van der Waals surface area contributed by atoms with E-state index in [-0.39, 0.29) is 17.3 Å². The zero-order valence-corrected chi connectivity index (χ0v) is 26.5. The Balaban J connectivity index is 1.36. The molecule has 0 atom stereocenters. The number of nitrogens with zero attached hydrogens (tertiary/aromatic N) is 3. The van der Waals surface area contributed by atoms with Gasteiger partial charge >= 0.3 is 5.97 Å². The molecule has 3 rings (SSSR count). The monoisotopic (exact) mass is 573 g/mol. The van der Waals surface area contributed by atoms with Crippen LogP contribution in [-0.4, -0.2) is 15.9 Å². The molecule has 0 saturated heterocycles. The van der Waals surface area contributed by atoms with Crippen molar-refractivity contribution in [3.05, 3.63) is 42.2 Å². The second kappa shape index (κ2) is 19.4. The lowest BCUT2D eigenvalue weighted by Gasteiger charge is -2.34. The van der Waals surface area contributed by atoms with E-state index in [1.807, 2.05) is 36.7 Å². The predicted molar refractivity (Wildman–Crippen MR) is 172 cm³/mol. The number of carbonyl (C=O) groups excluding carboxylic acids is 1. The highest BCUT2D eigenvalue weighted by Crippen LogP contribution is 2.43. The van der Waals surface area contributed by atoms with E-state index in [1.165, 1.54) is 95.5 Å². The Labute approximate surface area is 255 Å². The van der Waals surface area contributed by atoms with Gasteiger partial charge in [-0.3, -0.25) is 4.79 Å². The molecule has 5 heteroatoms. The number of carbonyl (C=O) groups is 1. The molecule has 1 aliphatic rings. The SMILES string of the molecule is CCCCCCCCCCc1cnc(-c2ccc(OC(=O)[C@H]3CC[C@@](C#N)(CCCCCCCCC)CC3)cc2)nc1. The molecule has 2 aromatic rings. The fraction of sp³-hybridized carbons (Fsp3) is 0.676. The molecule has 0 unspecified atom stereocenters. The smallest absolute Gasteiger partial charge is 0.314 e. The van der Waals surface area contributed by atoms with E-state index < -0.39 is 0 Å². The van der Waals surface area contributed by atoms with Gasteiger partial charge in [0.15, 0.2) is 5.82 Å². The molecule has 1 saturated carbocycles. The van der Waals surface area contributed by atoms with Crippen LogP contribution in [0.4, 0.5) is 0 Å². The Hall–Kier alpha value is -2.74. The lowest BCUT2D eigenvalue weighted by molar-refractivity contribution is -0.140. The minimum atomic E-state index is -0.259. The average molecular weight is 574 g/mol. The maximum Gasteiger partial charge on any atom is 0.314 e. The highest BCUT2D eigenvalue weighted by molar-refractivity contribution is 5.75. The highest BCUT2D eigenvalue weighted by atomic mass is 16.5. The summed E-state index contributed by atoms with van der Waals surface area (Å²) in [6.45, 7) is 4.50. The van der Waals surface area contributed by atoms with Gasteiger partial charge in [-0.1, -0.05) is 104 Å². The average Bonchev–Trinajstić information content (AvgIpc) is 3.03. The van der Waals surface area contributed by atoms with Gasteiger partial charge in [-0.15, -0.1) is 0 Å². The Morgan fingerprint density at radius 3 is 1.88 bits per heavy atom. The molecule has 42 heavy (non-hydrogen) atoms.